The van der Waals surface area contributed by atoms with Crippen LogP contribution in [0.15, 0.2) is 75.6 Å². The Labute approximate surface area is 207 Å². The maximum atomic E-state index is 13.0. The lowest BCUT2D eigenvalue weighted by Gasteiger charge is -2.12. The number of aryl methyl sites for hydroxylation is 2. The van der Waals surface area contributed by atoms with E-state index >= 15 is 0 Å². The van der Waals surface area contributed by atoms with Crippen molar-refractivity contribution in [1.29, 1.82) is 5.26 Å². The van der Waals surface area contributed by atoms with Crippen molar-refractivity contribution in [2.75, 3.05) is 7.11 Å². The maximum absolute atomic E-state index is 13.0. The van der Waals surface area contributed by atoms with Crippen LogP contribution in [-0.4, -0.2) is 13.1 Å². The summed E-state index contributed by atoms with van der Waals surface area (Å²) in [5.74, 6) is 0.584. The summed E-state index contributed by atoms with van der Waals surface area (Å²) in [4.78, 5) is 25.6. The largest absolute Gasteiger partial charge is 0.497 e. The van der Waals surface area contributed by atoms with Gasteiger partial charge in [-0.25, -0.2) is 4.79 Å². The number of fused-ring (bicyclic) bond motifs is 1. The monoisotopic (exact) mass is 481 g/mol. The van der Waals surface area contributed by atoms with Crippen molar-refractivity contribution in [3.63, 3.8) is 0 Å². The highest BCUT2D eigenvalue weighted by Crippen LogP contribution is 2.29. The summed E-state index contributed by atoms with van der Waals surface area (Å²) in [5.41, 5.74) is 3.31. The van der Waals surface area contributed by atoms with Crippen molar-refractivity contribution < 1.29 is 23.4 Å². The van der Waals surface area contributed by atoms with E-state index in [-0.39, 0.29) is 33.5 Å². The topological polar surface area (TPSA) is 98.8 Å². The van der Waals surface area contributed by atoms with Crippen molar-refractivity contribution in [2.45, 2.75) is 20.8 Å². The predicted octanol–water partition coefficient (Wildman–Crippen LogP) is 6.03. The third-order valence-corrected chi connectivity index (χ3v) is 5.68. The Morgan fingerprint density at radius 1 is 0.972 bits per heavy atom. The number of carbonyl (C=O) groups is 1. The molecule has 4 aromatic rings. The van der Waals surface area contributed by atoms with Gasteiger partial charge in [0.05, 0.1) is 12.5 Å². The van der Waals surface area contributed by atoms with Crippen LogP contribution in [0.5, 0.6) is 23.0 Å². The molecule has 0 atom stereocenters. The molecular weight excluding hydrogens is 458 g/mol. The maximum Gasteiger partial charge on any atom is 0.354 e. The average molecular weight is 482 g/mol. The number of benzene rings is 3. The van der Waals surface area contributed by atoms with Crippen molar-refractivity contribution >= 4 is 23.0 Å². The van der Waals surface area contributed by atoms with Gasteiger partial charge in [0.25, 0.3) is 0 Å². The van der Waals surface area contributed by atoms with Crippen LogP contribution < -0.4 is 19.6 Å². The Hall–Kier alpha value is -4.83. The first-order valence-corrected chi connectivity index (χ1v) is 11.1. The van der Waals surface area contributed by atoms with Gasteiger partial charge >= 0.3 is 5.97 Å². The molecule has 0 unspecified atom stereocenters. The van der Waals surface area contributed by atoms with Crippen molar-refractivity contribution in [1.82, 2.24) is 0 Å². The Bertz CT molecular complexity index is 1590. The highest BCUT2D eigenvalue weighted by atomic mass is 16.5. The molecule has 7 heteroatoms. The second-order valence-electron chi connectivity index (χ2n) is 8.23. The summed E-state index contributed by atoms with van der Waals surface area (Å²) >= 11 is 0. The number of ether oxygens (including phenoxy) is 3. The number of hydrogen-bond donors (Lipinski definition) is 0. The molecule has 0 saturated carbocycles. The number of carbonyl (C=O) groups excluding carboxylic acids is 1. The predicted molar refractivity (Wildman–Crippen MR) is 135 cm³/mol. The fraction of sp³-hybridized carbons (Fsp3) is 0.138. The highest BCUT2D eigenvalue weighted by molar-refractivity contribution is 5.99. The van der Waals surface area contributed by atoms with Crippen LogP contribution in [0, 0.1) is 32.1 Å². The van der Waals surface area contributed by atoms with Crippen LogP contribution in [0.1, 0.15) is 22.3 Å². The number of esters is 1. The molecule has 1 aromatic heterocycles. The Morgan fingerprint density at radius 2 is 1.69 bits per heavy atom. The summed E-state index contributed by atoms with van der Waals surface area (Å²) in [6.07, 6.45) is 2.65. The van der Waals surface area contributed by atoms with Crippen molar-refractivity contribution in [3.05, 3.63) is 98.9 Å². The van der Waals surface area contributed by atoms with E-state index in [4.69, 9.17) is 18.6 Å². The van der Waals surface area contributed by atoms with Gasteiger partial charge < -0.3 is 18.6 Å². The molecule has 0 saturated heterocycles. The number of nitrogens with zero attached hydrogens (tertiary/aromatic N) is 1. The van der Waals surface area contributed by atoms with E-state index in [1.165, 1.54) is 30.5 Å². The van der Waals surface area contributed by atoms with Crippen LogP contribution in [-0.2, 0) is 4.79 Å². The molecule has 0 fully saturated rings. The van der Waals surface area contributed by atoms with E-state index in [9.17, 15) is 14.9 Å². The molecular formula is C29H23NO6. The lowest BCUT2D eigenvalue weighted by Crippen LogP contribution is -2.10. The summed E-state index contributed by atoms with van der Waals surface area (Å²) in [5, 5.41) is 9.70. The van der Waals surface area contributed by atoms with Crippen molar-refractivity contribution in [2.24, 2.45) is 0 Å². The minimum atomic E-state index is -0.833. The third kappa shape index (κ3) is 5.13. The van der Waals surface area contributed by atoms with E-state index in [2.05, 4.69) is 0 Å². The minimum absolute atomic E-state index is 0.0505. The molecule has 0 spiro atoms. The summed E-state index contributed by atoms with van der Waals surface area (Å²) in [6.45, 7) is 5.85. The molecule has 0 N–H and O–H groups in total. The molecule has 0 bridgehead atoms. The number of hydrogen-bond acceptors (Lipinski definition) is 7. The Kier molecular flexibility index (Phi) is 6.88. The van der Waals surface area contributed by atoms with Crippen LogP contribution in [0.2, 0.25) is 0 Å². The van der Waals surface area contributed by atoms with Gasteiger partial charge in [0.1, 0.15) is 40.7 Å². The van der Waals surface area contributed by atoms with Crippen molar-refractivity contribution in [3.8, 4) is 29.1 Å². The van der Waals surface area contributed by atoms with Gasteiger partial charge in [0, 0.05) is 6.07 Å². The zero-order valence-electron chi connectivity index (χ0n) is 20.2. The summed E-state index contributed by atoms with van der Waals surface area (Å²) < 4.78 is 22.0. The van der Waals surface area contributed by atoms with Crippen LogP contribution in [0.4, 0.5) is 0 Å². The zero-order chi connectivity index (χ0) is 25.8. The molecule has 0 aliphatic rings. The number of methoxy groups -OCH3 is 1. The molecule has 3 aromatic carbocycles. The summed E-state index contributed by atoms with van der Waals surface area (Å²) in [7, 11) is 1.55. The fourth-order valence-electron chi connectivity index (χ4n) is 3.62. The van der Waals surface area contributed by atoms with Gasteiger partial charge in [-0.3, -0.25) is 4.79 Å². The molecule has 36 heavy (non-hydrogen) atoms. The lowest BCUT2D eigenvalue weighted by molar-refractivity contribution is -0.129. The highest BCUT2D eigenvalue weighted by Gasteiger charge is 2.16. The van der Waals surface area contributed by atoms with Crippen LogP contribution >= 0.6 is 0 Å². The Morgan fingerprint density at radius 3 is 2.39 bits per heavy atom. The zero-order valence-corrected chi connectivity index (χ0v) is 20.2. The normalized spacial score (nSPS) is 11.1. The molecule has 180 valence electrons. The molecule has 1 heterocycles. The first-order valence-electron chi connectivity index (χ1n) is 11.1. The molecule has 0 aliphatic carbocycles. The molecule has 0 radical (unpaired) electrons. The molecule has 4 rings (SSSR count). The number of rotatable bonds is 6. The van der Waals surface area contributed by atoms with E-state index in [1.807, 2.05) is 39.0 Å². The van der Waals surface area contributed by atoms with E-state index in [0.29, 0.717) is 17.1 Å². The molecule has 7 nitrogen and oxygen atoms in total. The van der Waals surface area contributed by atoms with E-state index in [1.54, 1.807) is 31.4 Å². The lowest BCUT2D eigenvalue weighted by atomic mass is 10.1. The summed E-state index contributed by atoms with van der Waals surface area (Å²) in [6, 6.07) is 17.0. The van der Waals surface area contributed by atoms with E-state index < -0.39 is 5.97 Å². The van der Waals surface area contributed by atoms with E-state index in [0.717, 1.165) is 16.7 Å². The second kappa shape index (κ2) is 10.2. The number of nitriles is 1. The first kappa shape index (κ1) is 24.3. The molecule has 0 amide bonds. The van der Waals surface area contributed by atoms with Gasteiger partial charge in [-0.15, -0.1) is 0 Å². The molecule has 0 aliphatic heterocycles. The van der Waals surface area contributed by atoms with Gasteiger partial charge in [-0.05, 0) is 79.4 Å². The van der Waals surface area contributed by atoms with Gasteiger partial charge in [-0.1, -0.05) is 18.2 Å². The minimum Gasteiger partial charge on any atom is -0.497 e. The van der Waals surface area contributed by atoms with Gasteiger partial charge in [0.15, 0.2) is 0 Å². The first-order chi connectivity index (χ1) is 17.3. The van der Waals surface area contributed by atoms with Crippen LogP contribution in [0.25, 0.3) is 17.0 Å². The third-order valence-electron chi connectivity index (χ3n) is 5.68. The Balaban J connectivity index is 1.57. The van der Waals surface area contributed by atoms with Gasteiger partial charge in [-0.2, -0.15) is 5.26 Å². The van der Waals surface area contributed by atoms with Gasteiger partial charge in [0.2, 0.25) is 11.2 Å². The standard InChI is InChI=1S/C29H23NO6/c1-17-11-18(2)19(3)25(12-17)36-27-16-34-26-14-23(9-10-24(26)28(27)31)35-29(32)21(15-30)13-20-5-7-22(33-4)8-6-20/h5-14,16H,1-4H3. The quantitative estimate of drug-likeness (QED) is 0.143. The SMILES string of the molecule is COc1ccc(C=C(C#N)C(=O)Oc2ccc3c(=O)c(Oc4cc(C)cc(C)c4C)coc3c2)cc1. The smallest absolute Gasteiger partial charge is 0.354 e. The fourth-order valence-corrected chi connectivity index (χ4v) is 3.62. The van der Waals surface area contributed by atoms with Crippen LogP contribution in [0.3, 0.4) is 0 Å². The average Bonchev–Trinajstić information content (AvgIpc) is 2.87. The second-order valence-corrected chi connectivity index (χ2v) is 8.23.